The molecule has 3 rings (SSSR count). The van der Waals surface area contributed by atoms with Crippen molar-refractivity contribution in [1.82, 2.24) is 4.90 Å². The van der Waals surface area contributed by atoms with Crippen LogP contribution in [0.2, 0.25) is 5.02 Å². The molecule has 4 nitrogen and oxygen atoms in total. The third-order valence-corrected chi connectivity index (χ3v) is 4.22. The first-order valence-corrected chi connectivity index (χ1v) is 8.27. The average molecular weight is 398 g/mol. The van der Waals surface area contributed by atoms with Crippen LogP contribution >= 0.6 is 11.6 Å². The van der Waals surface area contributed by atoms with Crippen LogP contribution < -0.4 is 5.43 Å². The molecule has 0 aliphatic rings. The van der Waals surface area contributed by atoms with Crippen LogP contribution in [0.25, 0.3) is 22.1 Å². The molecule has 0 radical (unpaired) electrons. The van der Waals surface area contributed by atoms with Crippen molar-refractivity contribution in [3.63, 3.8) is 0 Å². The molecular formula is C19H15ClF3NO3. The highest BCUT2D eigenvalue weighted by molar-refractivity contribution is 6.30. The molecule has 8 heteroatoms. The number of rotatable bonds is 3. The summed E-state index contributed by atoms with van der Waals surface area (Å²) < 4.78 is 46.3. The Morgan fingerprint density at radius 3 is 2.48 bits per heavy atom. The molecule has 0 spiro atoms. The van der Waals surface area contributed by atoms with Crippen molar-refractivity contribution in [3.8, 4) is 16.9 Å². The summed E-state index contributed by atoms with van der Waals surface area (Å²) in [7, 11) is 3.36. The fourth-order valence-corrected chi connectivity index (χ4v) is 3.07. The van der Waals surface area contributed by atoms with Gasteiger partial charge in [0.1, 0.15) is 11.3 Å². The molecule has 3 aromatic rings. The van der Waals surface area contributed by atoms with E-state index in [2.05, 4.69) is 0 Å². The van der Waals surface area contributed by atoms with E-state index >= 15 is 0 Å². The summed E-state index contributed by atoms with van der Waals surface area (Å²) in [4.78, 5) is 14.6. The summed E-state index contributed by atoms with van der Waals surface area (Å²) in [5.41, 5.74) is -1.62. The molecule has 0 aliphatic heterocycles. The van der Waals surface area contributed by atoms with E-state index in [0.29, 0.717) is 0 Å². The van der Waals surface area contributed by atoms with Gasteiger partial charge in [-0.15, -0.1) is 0 Å². The number of hydrogen-bond acceptors (Lipinski definition) is 4. The van der Waals surface area contributed by atoms with Gasteiger partial charge >= 0.3 is 6.18 Å². The number of phenols is 1. The van der Waals surface area contributed by atoms with Crippen molar-refractivity contribution < 1.29 is 22.7 Å². The van der Waals surface area contributed by atoms with E-state index in [0.717, 1.165) is 0 Å². The lowest BCUT2D eigenvalue weighted by Gasteiger charge is -2.17. The van der Waals surface area contributed by atoms with E-state index in [1.165, 1.54) is 36.4 Å². The number of alkyl halides is 3. The van der Waals surface area contributed by atoms with Gasteiger partial charge in [0.15, 0.2) is 0 Å². The van der Waals surface area contributed by atoms with Crippen LogP contribution in [-0.4, -0.2) is 24.1 Å². The maximum absolute atomic E-state index is 13.7. The lowest BCUT2D eigenvalue weighted by atomic mass is 10.00. The Bertz CT molecular complexity index is 1070. The fraction of sp³-hybridized carbons (Fsp3) is 0.211. The van der Waals surface area contributed by atoms with Crippen molar-refractivity contribution in [2.24, 2.45) is 0 Å². The van der Waals surface area contributed by atoms with Gasteiger partial charge in [0.05, 0.1) is 16.5 Å². The topological polar surface area (TPSA) is 53.7 Å². The normalized spacial score (nSPS) is 12.1. The second-order valence-electron chi connectivity index (χ2n) is 6.32. The van der Waals surface area contributed by atoms with Gasteiger partial charge in [0.2, 0.25) is 11.2 Å². The summed E-state index contributed by atoms with van der Waals surface area (Å²) in [6.45, 7) is 0.0971. The van der Waals surface area contributed by atoms with Gasteiger partial charge in [-0.25, -0.2) is 0 Å². The number of phenolic OH excluding ortho intramolecular Hbond substituents is 1. The molecule has 0 saturated carbocycles. The lowest BCUT2D eigenvalue weighted by Crippen LogP contribution is -2.17. The first-order chi connectivity index (χ1) is 12.6. The molecule has 1 aromatic heterocycles. The number of benzene rings is 2. The number of fused-ring (bicyclic) bond motifs is 1. The second kappa shape index (κ2) is 6.90. The Labute approximate surface area is 157 Å². The van der Waals surface area contributed by atoms with Crippen LogP contribution in [0.15, 0.2) is 45.6 Å². The summed E-state index contributed by atoms with van der Waals surface area (Å²) in [6, 6.07) is 8.11. The van der Waals surface area contributed by atoms with Gasteiger partial charge < -0.3 is 14.4 Å². The summed E-state index contributed by atoms with van der Waals surface area (Å²) in [5.74, 6) is -1.67. The van der Waals surface area contributed by atoms with Gasteiger partial charge in [0, 0.05) is 11.6 Å². The minimum atomic E-state index is -4.91. The predicted octanol–water partition coefficient (Wildman–Crippen LogP) is 4.90. The van der Waals surface area contributed by atoms with Gasteiger partial charge in [-0.05, 0) is 43.9 Å². The van der Waals surface area contributed by atoms with E-state index in [-0.39, 0.29) is 39.4 Å². The molecule has 2 aromatic carbocycles. The van der Waals surface area contributed by atoms with E-state index in [9.17, 15) is 23.1 Å². The van der Waals surface area contributed by atoms with Crippen LogP contribution in [0, 0.1) is 0 Å². The number of nitrogens with zero attached hydrogens (tertiary/aromatic N) is 1. The Morgan fingerprint density at radius 1 is 1.19 bits per heavy atom. The molecular weight excluding hydrogens is 383 g/mol. The fourth-order valence-electron chi connectivity index (χ4n) is 2.88. The Hall–Kier alpha value is -2.51. The maximum atomic E-state index is 13.7. The van der Waals surface area contributed by atoms with Crippen LogP contribution in [0.5, 0.6) is 5.75 Å². The molecule has 0 atom stereocenters. The van der Waals surface area contributed by atoms with Crippen LogP contribution in [0.4, 0.5) is 13.2 Å². The molecule has 0 saturated heterocycles. The van der Waals surface area contributed by atoms with E-state index in [4.69, 9.17) is 16.0 Å². The monoisotopic (exact) mass is 397 g/mol. The maximum Gasteiger partial charge on any atom is 0.450 e. The van der Waals surface area contributed by atoms with Gasteiger partial charge in [-0.2, -0.15) is 13.2 Å². The smallest absolute Gasteiger partial charge is 0.450 e. The Morgan fingerprint density at radius 2 is 1.89 bits per heavy atom. The van der Waals surface area contributed by atoms with Gasteiger partial charge in [0.25, 0.3) is 0 Å². The van der Waals surface area contributed by atoms with Crippen LogP contribution in [0.1, 0.15) is 11.3 Å². The van der Waals surface area contributed by atoms with Crippen molar-refractivity contribution in [2.45, 2.75) is 12.7 Å². The van der Waals surface area contributed by atoms with Crippen molar-refractivity contribution in [3.05, 3.63) is 63.0 Å². The zero-order valence-electron chi connectivity index (χ0n) is 14.4. The largest absolute Gasteiger partial charge is 0.507 e. The average Bonchev–Trinajstić information content (AvgIpc) is 2.56. The van der Waals surface area contributed by atoms with Crippen molar-refractivity contribution in [1.29, 1.82) is 0 Å². The van der Waals surface area contributed by atoms with Crippen molar-refractivity contribution in [2.75, 3.05) is 14.1 Å². The van der Waals surface area contributed by atoms with Gasteiger partial charge in [-0.3, -0.25) is 4.79 Å². The Balaban J connectivity index is 2.46. The lowest BCUT2D eigenvalue weighted by molar-refractivity contribution is -0.152. The van der Waals surface area contributed by atoms with Crippen LogP contribution in [0.3, 0.4) is 0 Å². The third-order valence-electron chi connectivity index (χ3n) is 3.98. The minimum Gasteiger partial charge on any atom is -0.507 e. The second-order valence-corrected chi connectivity index (χ2v) is 6.76. The first-order valence-electron chi connectivity index (χ1n) is 7.89. The molecule has 27 heavy (non-hydrogen) atoms. The third kappa shape index (κ3) is 3.65. The molecule has 142 valence electrons. The molecule has 1 N–H and O–H groups in total. The van der Waals surface area contributed by atoms with E-state index in [1.54, 1.807) is 19.0 Å². The quantitative estimate of drug-likeness (QED) is 0.683. The van der Waals surface area contributed by atoms with Crippen LogP contribution in [-0.2, 0) is 12.7 Å². The number of halogens is 4. The Kier molecular flexibility index (Phi) is 4.92. The number of hydrogen-bond donors (Lipinski definition) is 1. The summed E-state index contributed by atoms with van der Waals surface area (Å²) in [5, 5.41) is 10.2. The zero-order chi connectivity index (χ0) is 19.9. The summed E-state index contributed by atoms with van der Waals surface area (Å²) in [6.07, 6.45) is -4.91. The van der Waals surface area contributed by atoms with E-state index in [1.807, 2.05) is 0 Å². The summed E-state index contributed by atoms with van der Waals surface area (Å²) >= 11 is 5.88. The molecule has 0 fully saturated rings. The first kappa shape index (κ1) is 19.3. The molecule has 0 amide bonds. The molecule has 0 aliphatic carbocycles. The highest BCUT2D eigenvalue weighted by atomic mass is 35.5. The number of aromatic hydroxyl groups is 1. The predicted molar refractivity (Wildman–Crippen MR) is 97.0 cm³/mol. The zero-order valence-corrected chi connectivity index (χ0v) is 15.1. The van der Waals surface area contributed by atoms with Gasteiger partial charge in [-0.1, -0.05) is 23.7 Å². The molecule has 0 bridgehead atoms. The molecule has 1 heterocycles. The van der Waals surface area contributed by atoms with Crippen molar-refractivity contribution >= 4 is 22.6 Å². The molecule has 0 unspecified atom stereocenters. The SMILES string of the molecule is CN(C)Cc1c(O)ccc2c(=O)c(-c3cccc(Cl)c3)c(C(F)(F)F)oc12. The highest BCUT2D eigenvalue weighted by Crippen LogP contribution is 2.39. The minimum absolute atomic E-state index is 0.00714. The standard InChI is InChI=1S/C19H15ClF3NO3/c1-24(2)9-13-14(25)7-6-12-16(26)15(10-4-3-5-11(20)8-10)18(19(21,22)23)27-17(12)13/h3-8,25H,9H2,1-2H3. The highest BCUT2D eigenvalue weighted by Gasteiger charge is 2.39. The van der Waals surface area contributed by atoms with E-state index < -0.39 is 22.9 Å².